The van der Waals surface area contributed by atoms with Crippen molar-refractivity contribution in [3.05, 3.63) is 55.1 Å². The molecule has 0 saturated heterocycles. The first-order valence-electron chi connectivity index (χ1n) is 5.16. The molecule has 17 heavy (non-hydrogen) atoms. The minimum atomic E-state index is 0.176. The average molecular weight is 374 g/mol. The highest BCUT2D eigenvalue weighted by molar-refractivity contribution is 9.11. The van der Waals surface area contributed by atoms with Crippen LogP contribution in [0.2, 0.25) is 0 Å². The van der Waals surface area contributed by atoms with Crippen LogP contribution in [0.25, 0.3) is 0 Å². The minimum Gasteiger partial charge on any atom is -0.294 e. The number of Topliss-reactive ketones (excluding diaryl/α,β-unsaturated/α-hetero) is 1. The Morgan fingerprint density at radius 3 is 2.71 bits per heavy atom. The summed E-state index contributed by atoms with van der Waals surface area (Å²) in [5.74, 6) is 0.176. The molecule has 0 aliphatic heterocycles. The summed E-state index contributed by atoms with van der Waals surface area (Å²) in [6, 6.07) is 7.71. The summed E-state index contributed by atoms with van der Waals surface area (Å²) in [6.07, 6.45) is 1.36. The van der Waals surface area contributed by atoms with Crippen LogP contribution in [0.15, 0.2) is 44.0 Å². The van der Waals surface area contributed by atoms with Gasteiger partial charge in [0.25, 0.3) is 0 Å². The van der Waals surface area contributed by atoms with Crippen molar-refractivity contribution < 1.29 is 4.79 Å². The lowest BCUT2D eigenvalue weighted by atomic mass is 10.0. The Morgan fingerprint density at radius 1 is 1.24 bits per heavy atom. The van der Waals surface area contributed by atoms with E-state index in [4.69, 9.17) is 0 Å². The second-order valence-corrected chi connectivity index (χ2v) is 6.23. The van der Waals surface area contributed by atoms with Gasteiger partial charge in [0.1, 0.15) is 0 Å². The molecule has 0 fully saturated rings. The first-order valence-corrected chi connectivity index (χ1v) is 7.69. The highest BCUT2D eigenvalue weighted by atomic mass is 79.9. The molecule has 1 aromatic heterocycles. The molecule has 0 bridgehead atoms. The Labute approximate surface area is 121 Å². The van der Waals surface area contributed by atoms with Crippen molar-refractivity contribution in [1.29, 1.82) is 0 Å². The van der Waals surface area contributed by atoms with E-state index in [9.17, 15) is 4.79 Å². The maximum absolute atomic E-state index is 12.0. The zero-order valence-corrected chi connectivity index (χ0v) is 12.9. The largest absolute Gasteiger partial charge is 0.294 e. The molecule has 0 aliphatic rings. The predicted molar refractivity (Wildman–Crippen MR) is 78.8 cm³/mol. The lowest BCUT2D eigenvalue weighted by molar-refractivity contribution is 0.0982. The Balaban J connectivity index is 2.04. The number of thiophene rings is 1. The Bertz CT molecular complexity index is 520. The van der Waals surface area contributed by atoms with Gasteiger partial charge in [-0.1, -0.05) is 31.9 Å². The highest BCUT2D eigenvalue weighted by Gasteiger charge is 2.10. The molecule has 0 radical (unpaired) electrons. The number of hydrogen-bond acceptors (Lipinski definition) is 2. The van der Waals surface area contributed by atoms with Crippen LogP contribution < -0.4 is 0 Å². The van der Waals surface area contributed by atoms with Gasteiger partial charge in [-0.25, -0.2) is 0 Å². The van der Waals surface area contributed by atoms with Gasteiger partial charge in [-0.2, -0.15) is 11.3 Å². The molecule has 2 aromatic rings. The first kappa shape index (κ1) is 13.0. The second kappa shape index (κ2) is 5.94. The van der Waals surface area contributed by atoms with Crippen LogP contribution >= 0.6 is 43.2 Å². The lowest BCUT2D eigenvalue weighted by Crippen LogP contribution is -2.01. The third-order valence-corrected chi connectivity index (χ3v) is 4.33. The third kappa shape index (κ3) is 3.50. The van der Waals surface area contributed by atoms with Crippen LogP contribution in [-0.2, 0) is 6.42 Å². The van der Waals surface area contributed by atoms with Gasteiger partial charge in [-0.15, -0.1) is 0 Å². The molecule has 0 spiro atoms. The van der Waals surface area contributed by atoms with Crippen molar-refractivity contribution in [2.24, 2.45) is 0 Å². The van der Waals surface area contributed by atoms with Crippen LogP contribution in [0.3, 0.4) is 0 Å². The molecule has 0 N–H and O–H groups in total. The zero-order chi connectivity index (χ0) is 12.3. The summed E-state index contributed by atoms with van der Waals surface area (Å²) in [4.78, 5) is 12.0. The quantitative estimate of drug-likeness (QED) is 0.682. The number of benzene rings is 1. The molecule has 88 valence electrons. The summed E-state index contributed by atoms with van der Waals surface area (Å²) >= 11 is 8.46. The van der Waals surface area contributed by atoms with Gasteiger partial charge in [-0.05, 0) is 47.0 Å². The van der Waals surface area contributed by atoms with Crippen LogP contribution in [0.1, 0.15) is 22.3 Å². The van der Waals surface area contributed by atoms with Gasteiger partial charge < -0.3 is 0 Å². The van der Waals surface area contributed by atoms with Crippen molar-refractivity contribution in [1.82, 2.24) is 0 Å². The van der Waals surface area contributed by atoms with E-state index >= 15 is 0 Å². The van der Waals surface area contributed by atoms with Gasteiger partial charge in [0.2, 0.25) is 0 Å². The SMILES string of the molecule is O=C(CCc1ccsc1)c1ccc(Br)cc1Br. The van der Waals surface area contributed by atoms with E-state index in [1.807, 2.05) is 23.6 Å². The fraction of sp³-hybridized carbons (Fsp3) is 0.154. The number of aryl methyl sites for hydroxylation is 1. The van der Waals surface area contributed by atoms with E-state index in [1.165, 1.54) is 5.56 Å². The Kier molecular flexibility index (Phi) is 4.54. The van der Waals surface area contributed by atoms with Crippen molar-refractivity contribution in [2.45, 2.75) is 12.8 Å². The number of ketones is 1. The third-order valence-electron chi connectivity index (χ3n) is 2.45. The molecule has 4 heteroatoms. The zero-order valence-electron chi connectivity index (χ0n) is 8.95. The van der Waals surface area contributed by atoms with Gasteiger partial charge in [-0.3, -0.25) is 4.79 Å². The monoisotopic (exact) mass is 372 g/mol. The molecule has 0 amide bonds. The summed E-state index contributed by atoms with van der Waals surface area (Å²) in [5, 5.41) is 4.12. The molecule has 0 unspecified atom stereocenters. The minimum absolute atomic E-state index is 0.176. The van der Waals surface area contributed by atoms with Crippen LogP contribution in [0.5, 0.6) is 0 Å². The first-order chi connectivity index (χ1) is 8.16. The topological polar surface area (TPSA) is 17.1 Å². The predicted octanol–water partition coefficient (Wildman–Crippen LogP) is 5.09. The molecule has 0 aliphatic carbocycles. The van der Waals surface area contributed by atoms with E-state index in [2.05, 4.69) is 43.3 Å². The van der Waals surface area contributed by atoms with E-state index in [1.54, 1.807) is 11.3 Å². The van der Waals surface area contributed by atoms with Crippen LogP contribution in [-0.4, -0.2) is 5.78 Å². The number of hydrogen-bond donors (Lipinski definition) is 0. The normalized spacial score (nSPS) is 10.5. The Morgan fingerprint density at radius 2 is 2.06 bits per heavy atom. The van der Waals surface area contributed by atoms with E-state index in [-0.39, 0.29) is 5.78 Å². The summed E-state index contributed by atoms with van der Waals surface area (Å²) in [6.45, 7) is 0. The van der Waals surface area contributed by atoms with Gasteiger partial charge >= 0.3 is 0 Å². The van der Waals surface area contributed by atoms with Crippen LogP contribution in [0, 0.1) is 0 Å². The van der Waals surface area contributed by atoms with Crippen molar-refractivity contribution in [3.63, 3.8) is 0 Å². The second-order valence-electron chi connectivity index (χ2n) is 3.68. The van der Waals surface area contributed by atoms with Crippen molar-refractivity contribution >= 4 is 49.0 Å². The van der Waals surface area contributed by atoms with Gasteiger partial charge in [0.15, 0.2) is 5.78 Å². The maximum Gasteiger partial charge on any atom is 0.164 e. The number of rotatable bonds is 4. The van der Waals surface area contributed by atoms with E-state index < -0.39 is 0 Å². The number of halogens is 2. The van der Waals surface area contributed by atoms with Crippen molar-refractivity contribution in [2.75, 3.05) is 0 Å². The Hall–Kier alpha value is -0.450. The number of carbonyl (C=O) groups excluding carboxylic acids is 1. The molecule has 1 aromatic carbocycles. The summed E-state index contributed by atoms with van der Waals surface area (Å²) in [7, 11) is 0. The fourth-order valence-corrected chi connectivity index (χ4v) is 3.51. The fourth-order valence-electron chi connectivity index (χ4n) is 1.54. The van der Waals surface area contributed by atoms with E-state index in [0.717, 1.165) is 20.9 Å². The van der Waals surface area contributed by atoms with Crippen LogP contribution in [0.4, 0.5) is 0 Å². The molecular weight excluding hydrogens is 364 g/mol. The summed E-state index contributed by atoms with van der Waals surface area (Å²) in [5.41, 5.74) is 1.99. The standard InChI is InChI=1S/C13H10Br2OS/c14-10-2-3-11(12(15)7-10)13(16)4-1-9-5-6-17-8-9/h2-3,5-8H,1,4H2. The molecule has 1 nitrogen and oxygen atoms in total. The number of carbonyl (C=O) groups is 1. The molecule has 2 rings (SSSR count). The molecular formula is C13H10Br2OS. The molecule has 0 atom stereocenters. The summed E-state index contributed by atoms with van der Waals surface area (Å²) < 4.78 is 1.82. The lowest BCUT2D eigenvalue weighted by Gasteiger charge is -2.03. The highest BCUT2D eigenvalue weighted by Crippen LogP contribution is 2.23. The maximum atomic E-state index is 12.0. The van der Waals surface area contributed by atoms with Gasteiger partial charge in [0.05, 0.1) is 0 Å². The van der Waals surface area contributed by atoms with Gasteiger partial charge in [0, 0.05) is 20.9 Å². The molecule has 1 heterocycles. The van der Waals surface area contributed by atoms with Crippen molar-refractivity contribution in [3.8, 4) is 0 Å². The molecule has 0 saturated carbocycles. The average Bonchev–Trinajstić information content (AvgIpc) is 2.78. The van der Waals surface area contributed by atoms with E-state index in [0.29, 0.717) is 6.42 Å². The smallest absolute Gasteiger partial charge is 0.164 e.